The van der Waals surface area contributed by atoms with E-state index in [9.17, 15) is 8.42 Å². The Labute approximate surface area is 132 Å². The third-order valence-corrected chi connectivity index (χ3v) is 5.66. The molecule has 0 saturated carbocycles. The quantitative estimate of drug-likeness (QED) is 0.858. The van der Waals surface area contributed by atoms with Crippen LogP contribution in [0.1, 0.15) is 11.1 Å². The van der Waals surface area contributed by atoms with Crippen LogP contribution in [0.25, 0.3) is 0 Å². The molecule has 2 aromatic rings. The number of aryl methyl sites for hydroxylation is 2. The number of halogens is 2. The third kappa shape index (κ3) is 3.34. The van der Waals surface area contributed by atoms with Gasteiger partial charge >= 0.3 is 0 Å². The molecule has 6 heteroatoms. The van der Waals surface area contributed by atoms with E-state index in [-0.39, 0.29) is 4.90 Å². The smallest absolute Gasteiger partial charge is 0.261 e. The highest BCUT2D eigenvalue weighted by Gasteiger charge is 2.15. The van der Waals surface area contributed by atoms with E-state index in [4.69, 9.17) is 11.6 Å². The lowest BCUT2D eigenvalue weighted by molar-refractivity contribution is 0.601. The van der Waals surface area contributed by atoms with E-state index < -0.39 is 10.0 Å². The molecule has 0 spiro atoms. The van der Waals surface area contributed by atoms with Gasteiger partial charge in [-0.15, -0.1) is 0 Å². The average Bonchev–Trinajstić information content (AvgIpc) is 2.35. The van der Waals surface area contributed by atoms with E-state index in [1.807, 2.05) is 13.8 Å². The largest absolute Gasteiger partial charge is 0.280 e. The molecule has 3 nitrogen and oxygen atoms in total. The molecule has 0 radical (unpaired) electrons. The fraction of sp³-hybridized carbons (Fsp3) is 0.143. The lowest BCUT2D eigenvalue weighted by Crippen LogP contribution is -2.13. The van der Waals surface area contributed by atoms with Gasteiger partial charge < -0.3 is 0 Å². The topological polar surface area (TPSA) is 46.2 Å². The van der Waals surface area contributed by atoms with E-state index in [2.05, 4.69) is 20.7 Å². The number of sulfonamides is 1. The van der Waals surface area contributed by atoms with Gasteiger partial charge in [0, 0.05) is 15.2 Å². The normalized spacial score (nSPS) is 11.4. The maximum Gasteiger partial charge on any atom is 0.261 e. The van der Waals surface area contributed by atoms with Gasteiger partial charge in [0.15, 0.2) is 0 Å². The molecular formula is C14H13BrClNO2S. The van der Waals surface area contributed by atoms with Crippen molar-refractivity contribution in [2.24, 2.45) is 0 Å². The highest BCUT2D eigenvalue weighted by Crippen LogP contribution is 2.27. The lowest BCUT2D eigenvalue weighted by atomic mass is 10.1. The molecule has 2 rings (SSSR count). The first kappa shape index (κ1) is 15.4. The molecule has 0 aromatic heterocycles. The van der Waals surface area contributed by atoms with Crippen molar-refractivity contribution in [2.45, 2.75) is 18.7 Å². The minimum atomic E-state index is -3.63. The van der Waals surface area contributed by atoms with Crippen molar-refractivity contribution in [1.29, 1.82) is 0 Å². The van der Waals surface area contributed by atoms with Gasteiger partial charge in [0.1, 0.15) is 0 Å². The van der Waals surface area contributed by atoms with Crippen molar-refractivity contribution in [2.75, 3.05) is 4.72 Å². The van der Waals surface area contributed by atoms with Gasteiger partial charge in [-0.3, -0.25) is 4.72 Å². The van der Waals surface area contributed by atoms with Crippen LogP contribution in [0.4, 0.5) is 5.69 Å². The minimum absolute atomic E-state index is 0.142. The Kier molecular flexibility index (Phi) is 4.42. The number of hydrogen-bond acceptors (Lipinski definition) is 2. The first-order chi connectivity index (χ1) is 9.29. The lowest BCUT2D eigenvalue weighted by Gasteiger charge is -2.11. The first-order valence-corrected chi connectivity index (χ1v) is 8.50. The summed E-state index contributed by atoms with van der Waals surface area (Å²) in [7, 11) is -3.63. The van der Waals surface area contributed by atoms with Gasteiger partial charge in [-0.25, -0.2) is 8.42 Å². The van der Waals surface area contributed by atoms with Crippen molar-refractivity contribution >= 4 is 43.2 Å². The summed E-state index contributed by atoms with van der Waals surface area (Å²) in [5, 5.41) is 0.385. The summed E-state index contributed by atoms with van der Waals surface area (Å²) in [5.41, 5.74) is 2.46. The van der Waals surface area contributed by atoms with Gasteiger partial charge in [0.05, 0.1) is 4.90 Å². The van der Waals surface area contributed by atoms with E-state index in [0.29, 0.717) is 10.7 Å². The zero-order chi connectivity index (χ0) is 14.9. The van der Waals surface area contributed by atoms with Crippen LogP contribution >= 0.6 is 27.5 Å². The SMILES string of the molecule is Cc1cc(NS(=O)(=O)c2cccc(Cl)c2)cc(C)c1Br. The van der Waals surface area contributed by atoms with E-state index >= 15 is 0 Å². The van der Waals surface area contributed by atoms with Crippen LogP contribution in [0.5, 0.6) is 0 Å². The monoisotopic (exact) mass is 373 g/mol. The van der Waals surface area contributed by atoms with Crippen LogP contribution in [0, 0.1) is 13.8 Å². The Hall–Kier alpha value is -1.04. The number of benzene rings is 2. The van der Waals surface area contributed by atoms with Crippen LogP contribution in [-0.4, -0.2) is 8.42 Å². The molecule has 0 heterocycles. The third-order valence-electron chi connectivity index (χ3n) is 2.80. The predicted molar refractivity (Wildman–Crippen MR) is 85.9 cm³/mol. The maximum absolute atomic E-state index is 12.3. The molecular weight excluding hydrogens is 362 g/mol. The van der Waals surface area contributed by atoms with Gasteiger partial charge in [0.2, 0.25) is 0 Å². The molecule has 20 heavy (non-hydrogen) atoms. The summed E-state index contributed by atoms with van der Waals surface area (Å²) in [6.07, 6.45) is 0. The first-order valence-electron chi connectivity index (χ1n) is 5.85. The average molecular weight is 375 g/mol. The molecule has 0 aliphatic carbocycles. The Bertz CT molecular complexity index is 737. The molecule has 0 aliphatic heterocycles. The zero-order valence-electron chi connectivity index (χ0n) is 10.9. The summed E-state index contributed by atoms with van der Waals surface area (Å²) in [5.74, 6) is 0. The summed E-state index contributed by atoms with van der Waals surface area (Å²) in [6, 6.07) is 9.72. The number of rotatable bonds is 3. The fourth-order valence-electron chi connectivity index (χ4n) is 1.85. The zero-order valence-corrected chi connectivity index (χ0v) is 14.1. The van der Waals surface area contributed by atoms with Crippen molar-refractivity contribution in [1.82, 2.24) is 0 Å². The minimum Gasteiger partial charge on any atom is -0.280 e. The van der Waals surface area contributed by atoms with Crippen molar-refractivity contribution < 1.29 is 8.42 Å². The highest BCUT2D eigenvalue weighted by molar-refractivity contribution is 9.10. The molecule has 1 N–H and O–H groups in total. The van der Waals surface area contributed by atoms with E-state index in [0.717, 1.165) is 15.6 Å². The molecule has 0 fully saturated rings. The molecule has 0 unspecified atom stereocenters. The van der Waals surface area contributed by atoms with Crippen LogP contribution in [0.2, 0.25) is 5.02 Å². The summed E-state index contributed by atoms with van der Waals surface area (Å²) >= 11 is 9.28. The molecule has 2 aromatic carbocycles. The van der Waals surface area contributed by atoms with E-state index in [1.54, 1.807) is 24.3 Å². The molecule has 0 aliphatic rings. The highest BCUT2D eigenvalue weighted by atomic mass is 79.9. The Balaban J connectivity index is 2.38. The maximum atomic E-state index is 12.3. The summed E-state index contributed by atoms with van der Waals surface area (Å²) < 4.78 is 28.1. The second kappa shape index (κ2) is 5.76. The number of nitrogens with one attached hydrogen (secondary N) is 1. The Morgan fingerprint density at radius 3 is 2.25 bits per heavy atom. The standard InChI is InChI=1S/C14H13BrClNO2S/c1-9-6-12(7-10(2)14(9)15)17-20(18,19)13-5-3-4-11(16)8-13/h3-8,17H,1-2H3. The fourth-order valence-corrected chi connectivity index (χ4v) is 3.42. The molecule has 0 saturated heterocycles. The number of hydrogen-bond donors (Lipinski definition) is 1. The molecule has 106 valence electrons. The predicted octanol–water partition coefficient (Wildman–Crippen LogP) is 4.52. The molecule has 0 atom stereocenters. The second-order valence-electron chi connectivity index (χ2n) is 4.49. The Morgan fingerprint density at radius 1 is 1.10 bits per heavy atom. The van der Waals surface area contributed by atoms with Crippen LogP contribution < -0.4 is 4.72 Å². The summed E-state index contributed by atoms with van der Waals surface area (Å²) in [4.78, 5) is 0.142. The van der Waals surface area contributed by atoms with Gasteiger partial charge in [-0.2, -0.15) is 0 Å². The van der Waals surface area contributed by atoms with Crippen LogP contribution in [0.15, 0.2) is 45.8 Å². The Morgan fingerprint density at radius 2 is 1.70 bits per heavy atom. The van der Waals surface area contributed by atoms with Gasteiger partial charge in [0.25, 0.3) is 10.0 Å². The van der Waals surface area contributed by atoms with Gasteiger partial charge in [-0.1, -0.05) is 33.6 Å². The molecule has 0 amide bonds. The van der Waals surface area contributed by atoms with Crippen molar-refractivity contribution in [3.63, 3.8) is 0 Å². The number of anilines is 1. The van der Waals surface area contributed by atoms with E-state index in [1.165, 1.54) is 12.1 Å². The second-order valence-corrected chi connectivity index (χ2v) is 7.40. The molecule has 0 bridgehead atoms. The van der Waals surface area contributed by atoms with Crippen LogP contribution in [0.3, 0.4) is 0 Å². The van der Waals surface area contributed by atoms with Crippen molar-refractivity contribution in [3.8, 4) is 0 Å². The summed E-state index contributed by atoms with van der Waals surface area (Å²) in [6.45, 7) is 3.82. The van der Waals surface area contributed by atoms with Crippen LogP contribution in [-0.2, 0) is 10.0 Å². The van der Waals surface area contributed by atoms with Crippen molar-refractivity contribution in [3.05, 3.63) is 57.0 Å². The van der Waals surface area contributed by atoms with Gasteiger partial charge in [-0.05, 0) is 55.3 Å².